The van der Waals surface area contributed by atoms with Gasteiger partial charge >= 0.3 is 0 Å². The van der Waals surface area contributed by atoms with Gasteiger partial charge in [0, 0.05) is 12.8 Å². The van der Waals surface area contributed by atoms with Gasteiger partial charge in [-0.2, -0.15) is 0 Å². The molecule has 1 aromatic rings. The number of hydrogen-bond acceptors (Lipinski definition) is 4. The molecule has 0 saturated heterocycles. The van der Waals surface area contributed by atoms with Crippen molar-refractivity contribution in [2.45, 2.75) is 60.5 Å². The van der Waals surface area contributed by atoms with E-state index in [9.17, 15) is 9.59 Å². The monoisotopic (exact) mass is 392 g/mol. The Morgan fingerprint density at radius 1 is 0.857 bits per heavy atom. The van der Waals surface area contributed by atoms with Gasteiger partial charge in [-0.15, -0.1) is 0 Å². The molecule has 0 unspecified atom stereocenters. The van der Waals surface area contributed by atoms with E-state index in [4.69, 9.17) is 9.47 Å². The summed E-state index contributed by atoms with van der Waals surface area (Å²) in [6.07, 6.45) is 0.164. The van der Waals surface area contributed by atoms with Crippen LogP contribution >= 0.6 is 0 Å². The van der Waals surface area contributed by atoms with Crippen LogP contribution in [-0.4, -0.2) is 25.5 Å². The second kappa shape index (κ2) is 11.6. The van der Waals surface area contributed by atoms with Crippen LogP contribution in [0.3, 0.4) is 0 Å². The summed E-state index contributed by atoms with van der Waals surface area (Å²) in [5, 5.41) is 5.86. The van der Waals surface area contributed by atoms with Gasteiger partial charge < -0.3 is 20.1 Å². The lowest BCUT2D eigenvalue weighted by Crippen LogP contribution is -2.41. The maximum Gasteiger partial charge on any atom is 0.222 e. The van der Waals surface area contributed by atoms with E-state index in [0.29, 0.717) is 36.9 Å². The van der Waals surface area contributed by atoms with E-state index in [2.05, 4.69) is 24.5 Å². The van der Waals surface area contributed by atoms with Crippen LogP contribution in [0.4, 0.5) is 0 Å². The normalized spacial score (nSPS) is 11.2. The molecule has 1 rings (SSSR count). The molecule has 2 N–H and O–H groups in total. The van der Waals surface area contributed by atoms with E-state index >= 15 is 0 Å². The fraction of sp³-hybridized carbons (Fsp3) is 0.636. The first-order chi connectivity index (χ1) is 13.1. The van der Waals surface area contributed by atoms with Gasteiger partial charge in [-0.3, -0.25) is 9.59 Å². The molecule has 0 heterocycles. The van der Waals surface area contributed by atoms with Crippen LogP contribution in [0.1, 0.15) is 66.1 Å². The molecule has 0 saturated carbocycles. The highest BCUT2D eigenvalue weighted by atomic mass is 16.5. The molecule has 1 aromatic carbocycles. The minimum absolute atomic E-state index is 0.106. The van der Waals surface area contributed by atoms with Crippen molar-refractivity contribution >= 4 is 11.8 Å². The molecule has 0 aliphatic heterocycles. The molecule has 0 aliphatic rings. The highest BCUT2D eigenvalue weighted by Crippen LogP contribution is 2.30. The zero-order valence-electron chi connectivity index (χ0n) is 18.3. The van der Waals surface area contributed by atoms with Gasteiger partial charge in [0.15, 0.2) is 11.5 Å². The average Bonchev–Trinajstić information content (AvgIpc) is 2.57. The summed E-state index contributed by atoms with van der Waals surface area (Å²) in [5.74, 6) is 1.82. The van der Waals surface area contributed by atoms with Gasteiger partial charge in [0.25, 0.3) is 0 Å². The molecule has 0 radical (unpaired) electrons. The summed E-state index contributed by atoms with van der Waals surface area (Å²) in [6.45, 7) is 12.6. The Labute approximate surface area is 169 Å². The van der Waals surface area contributed by atoms with Crippen molar-refractivity contribution in [2.75, 3.05) is 13.7 Å². The lowest BCUT2D eigenvalue weighted by molar-refractivity contribution is -0.125. The van der Waals surface area contributed by atoms with E-state index < -0.39 is 6.17 Å². The van der Waals surface area contributed by atoms with Gasteiger partial charge in [-0.1, -0.05) is 47.6 Å². The number of ether oxygens (including phenoxy) is 2. The first kappa shape index (κ1) is 23.8. The zero-order chi connectivity index (χ0) is 21.3. The Kier molecular flexibility index (Phi) is 9.83. The van der Waals surface area contributed by atoms with Crippen molar-refractivity contribution in [3.05, 3.63) is 23.8 Å². The lowest BCUT2D eigenvalue weighted by Gasteiger charge is -2.23. The molecule has 158 valence electrons. The van der Waals surface area contributed by atoms with Gasteiger partial charge in [-0.25, -0.2) is 0 Å². The minimum atomic E-state index is -0.621. The number of rotatable bonds is 11. The Morgan fingerprint density at radius 2 is 1.39 bits per heavy atom. The number of hydrogen-bond donors (Lipinski definition) is 2. The van der Waals surface area contributed by atoms with Crippen molar-refractivity contribution in [1.29, 1.82) is 0 Å². The molecule has 2 amide bonds. The maximum absolute atomic E-state index is 12.3. The molecular formula is C22H36N2O4. The predicted octanol–water partition coefficient (Wildman–Crippen LogP) is 4.05. The van der Waals surface area contributed by atoms with Crippen LogP contribution in [0.5, 0.6) is 11.5 Å². The average molecular weight is 393 g/mol. The van der Waals surface area contributed by atoms with Gasteiger partial charge in [0.1, 0.15) is 6.17 Å². The first-order valence-corrected chi connectivity index (χ1v) is 10.0. The zero-order valence-corrected chi connectivity index (χ0v) is 18.3. The molecule has 0 bridgehead atoms. The van der Waals surface area contributed by atoms with Gasteiger partial charge in [0.2, 0.25) is 11.8 Å². The van der Waals surface area contributed by atoms with Crippen LogP contribution in [0.25, 0.3) is 0 Å². The quantitative estimate of drug-likeness (QED) is 0.557. The number of amides is 2. The molecule has 0 fully saturated rings. The maximum atomic E-state index is 12.3. The molecule has 0 atom stereocenters. The number of benzene rings is 1. The van der Waals surface area contributed by atoms with Crippen molar-refractivity contribution < 1.29 is 19.1 Å². The van der Waals surface area contributed by atoms with Crippen LogP contribution in [-0.2, 0) is 9.59 Å². The van der Waals surface area contributed by atoms with Crippen molar-refractivity contribution in [3.63, 3.8) is 0 Å². The summed E-state index contributed by atoms with van der Waals surface area (Å²) < 4.78 is 11.2. The van der Waals surface area contributed by atoms with Gasteiger partial charge in [-0.05, 0) is 35.4 Å². The topological polar surface area (TPSA) is 76.7 Å². The second-order valence-corrected chi connectivity index (χ2v) is 8.38. The Balaban J connectivity index is 3.10. The van der Waals surface area contributed by atoms with Crippen molar-refractivity contribution in [1.82, 2.24) is 10.6 Å². The number of carbonyl (C=O) groups excluding carboxylic acids is 2. The van der Waals surface area contributed by atoms with Crippen LogP contribution < -0.4 is 20.1 Å². The summed E-state index contributed by atoms with van der Waals surface area (Å²) in [6, 6.07) is 5.44. The van der Waals surface area contributed by atoms with Crippen LogP contribution in [0, 0.1) is 17.8 Å². The fourth-order valence-electron chi connectivity index (χ4n) is 2.63. The molecule has 0 aromatic heterocycles. The van der Waals surface area contributed by atoms with E-state index in [1.54, 1.807) is 13.2 Å². The SMILES string of the molecule is COc1ccc(C(NC(=O)CC(C)C)NC(=O)CC(C)C)cc1OCC(C)C. The van der Waals surface area contributed by atoms with Gasteiger partial charge in [0.05, 0.1) is 13.7 Å². The third-order valence-electron chi connectivity index (χ3n) is 3.89. The Bertz CT molecular complexity index is 617. The molecule has 6 nitrogen and oxygen atoms in total. The number of carbonyl (C=O) groups is 2. The second-order valence-electron chi connectivity index (χ2n) is 8.38. The van der Waals surface area contributed by atoms with Crippen molar-refractivity contribution in [3.8, 4) is 11.5 Å². The summed E-state index contributed by atoms with van der Waals surface area (Å²) in [4.78, 5) is 24.7. The van der Waals surface area contributed by atoms with Crippen LogP contribution in [0.15, 0.2) is 18.2 Å². The first-order valence-electron chi connectivity index (χ1n) is 10.0. The van der Waals surface area contributed by atoms with Crippen LogP contribution in [0.2, 0.25) is 0 Å². The fourth-order valence-corrected chi connectivity index (χ4v) is 2.63. The summed E-state index contributed by atoms with van der Waals surface area (Å²) in [7, 11) is 1.59. The third-order valence-corrected chi connectivity index (χ3v) is 3.89. The molecule has 0 aliphatic carbocycles. The largest absolute Gasteiger partial charge is 0.493 e. The highest BCUT2D eigenvalue weighted by molar-refractivity contribution is 5.79. The van der Waals surface area contributed by atoms with E-state index in [1.165, 1.54) is 0 Å². The summed E-state index contributed by atoms with van der Waals surface area (Å²) in [5.41, 5.74) is 0.744. The highest BCUT2D eigenvalue weighted by Gasteiger charge is 2.20. The molecular weight excluding hydrogens is 356 g/mol. The predicted molar refractivity (Wildman–Crippen MR) is 111 cm³/mol. The van der Waals surface area contributed by atoms with Crippen molar-refractivity contribution in [2.24, 2.45) is 17.8 Å². The third kappa shape index (κ3) is 8.63. The Morgan fingerprint density at radius 3 is 1.82 bits per heavy atom. The molecule has 28 heavy (non-hydrogen) atoms. The minimum Gasteiger partial charge on any atom is -0.493 e. The standard InChI is InChI=1S/C22H36N2O4/c1-14(2)10-20(25)23-22(24-21(26)11-15(3)4)17-8-9-18(27-7)19(12-17)28-13-16(5)6/h8-9,12,14-16,22H,10-11,13H2,1-7H3,(H,23,25)(H,24,26). The number of methoxy groups -OCH3 is 1. The van der Waals surface area contributed by atoms with E-state index in [0.717, 1.165) is 5.56 Å². The lowest BCUT2D eigenvalue weighted by atomic mass is 10.1. The molecule has 0 spiro atoms. The number of nitrogens with one attached hydrogen (secondary N) is 2. The summed E-state index contributed by atoms with van der Waals surface area (Å²) >= 11 is 0. The molecule has 6 heteroatoms. The van der Waals surface area contributed by atoms with E-state index in [1.807, 2.05) is 39.8 Å². The van der Waals surface area contributed by atoms with E-state index in [-0.39, 0.29) is 23.7 Å². The smallest absolute Gasteiger partial charge is 0.222 e. The Hall–Kier alpha value is -2.24.